The van der Waals surface area contributed by atoms with Gasteiger partial charge in [-0.15, -0.1) is 0 Å². The number of hydroxylamine groups is 2. The molecule has 6 rings (SSSR count). The fourth-order valence-corrected chi connectivity index (χ4v) is 8.21. The molecular formula is C37H54N4O5. The predicted octanol–water partition coefficient (Wildman–Crippen LogP) is 4.09. The summed E-state index contributed by atoms with van der Waals surface area (Å²) in [6.45, 7) is 10.2. The summed E-state index contributed by atoms with van der Waals surface area (Å²) >= 11 is 0. The summed E-state index contributed by atoms with van der Waals surface area (Å²) in [4.78, 5) is 35.2. The summed E-state index contributed by atoms with van der Waals surface area (Å²) in [7, 11) is 4.09. The van der Waals surface area contributed by atoms with Crippen molar-refractivity contribution < 1.29 is 24.6 Å². The maximum Gasteiger partial charge on any atom is 0.251 e. The Balaban J connectivity index is 1.28. The molecule has 1 heterocycles. The highest BCUT2D eigenvalue weighted by atomic mass is 16.7. The number of nitrogens with one attached hydrogen (secondary N) is 2. The summed E-state index contributed by atoms with van der Waals surface area (Å²) in [5.41, 5.74) is 3.71. The molecular weight excluding hydrogens is 580 g/mol. The SMILES string of the molecule is C[C@@H]1[C@@H](NC(=O)[C@@H]2[C@H]([C@H](C)O)[C@H](CO)ON2Cc2cccc(-c3cccc(C(=O)NCCCCN(C)C)c3)c2)C[C@H]2C[C@@H]1C2(C)C. The largest absolute Gasteiger partial charge is 0.394 e. The normalized spacial score (nSPS) is 29.3. The lowest BCUT2D eigenvalue weighted by atomic mass is 9.45. The van der Waals surface area contributed by atoms with Crippen molar-refractivity contribution in [2.24, 2.45) is 29.1 Å². The van der Waals surface area contributed by atoms with E-state index in [1.807, 2.05) is 62.6 Å². The van der Waals surface area contributed by atoms with Crippen LogP contribution in [0.2, 0.25) is 0 Å². The van der Waals surface area contributed by atoms with Crippen LogP contribution in [0, 0.1) is 29.1 Å². The van der Waals surface area contributed by atoms with Crippen molar-refractivity contribution in [3.05, 3.63) is 59.7 Å². The number of hydrogen-bond acceptors (Lipinski definition) is 7. The number of nitrogens with zero attached hydrogens (tertiary/aromatic N) is 2. The molecule has 8 atom stereocenters. The number of rotatable bonds is 13. The Bertz CT molecular complexity index is 1360. The van der Waals surface area contributed by atoms with E-state index in [9.17, 15) is 19.8 Å². The molecule has 46 heavy (non-hydrogen) atoms. The van der Waals surface area contributed by atoms with E-state index in [0.29, 0.717) is 41.8 Å². The lowest BCUT2D eigenvalue weighted by Crippen LogP contribution is -2.62. The van der Waals surface area contributed by atoms with Crippen LogP contribution in [0.5, 0.6) is 0 Å². The Morgan fingerprint density at radius 2 is 1.80 bits per heavy atom. The van der Waals surface area contributed by atoms with Crippen molar-refractivity contribution in [1.29, 1.82) is 0 Å². The van der Waals surface area contributed by atoms with Crippen molar-refractivity contribution in [1.82, 2.24) is 20.6 Å². The van der Waals surface area contributed by atoms with E-state index in [-0.39, 0.29) is 24.5 Å². The Hall–Kier alpha value is -2.82. The minimum absolute atomic E-state index is 0.0831. The topological polar surface area (TPSA) is 114 Å². The predicted molar refractivity (Wildman–Crippen MR) is 180 cm³/mol. The van der Waals surface area contributed by atoms with Crippen LogP contribution in [-0.2, 0) is 16.2 Å². The molecule has 4 N–H and O–H groups in total. The molecule has 4 aliphatic rings. The highest BCUT2D eigenvalue weighted by Crippen LogP contribution is 2.61. The summed E-state index contributed by atoms with van der Waals surface area (Å²) in [5, 5.41) is 28.9. The first kappa shape index (κ1) is 34.5. The van der Waals surface area contributed by atoms with Gasteiger partial charge in [-0.05, 0) is 111 Å². The zero-order chi connectivity index (χ0) is 33.2. The van der Waals surface area contributed by atoms with Gasteiger partial charge in [0.25, 0.3) is 5.91 Å². The molecule has 2 aromatic carbocycles. The van der Waals surface area contributed by atoms with Gasteiger partial charge in [0.05, 0.1) is 19.3 Å². The maximum absolute atomic E-state index is 14.0. The van der Waals surface area contributed by atoms with E-state index in [4.69, 9.17) is 4.84 Å². The Morgan fingerprint density at radius 1 is 1.09 bits per heavy atom. The lowest BCUT2D eigenvalue weighted by Gasteiger charge is -2.62. The average molecular weight is 635 g/mol. The van der Waals surface area contributed by atoms with E-state index in [1.165, 1.54) is 6.42 Å². The molecule has 3 saturated carbocycles. The van der Waals surface area contributed by atoms with E-state index >= 15 is 0 Å². The summed E-state index contributed by atoms with van der Waals surface area (Å²) < 4.78 is 0. The van der Waals surface area contributed by atoms with Gasteiger partial charge in [-0.3, -0.25) is 14.4 Å². The van der Waals surface area contributed by atoms with Gasteiger partial charge in [0.1, 0.15) is 12.1 Å². The van der Waals surface area contributed by atoms with Crippen molar-refractivity contribution in [2.45, 2.75) is 84.2 Å². The van der Waals surface area contributed by atoms with E-state index in [2.05, 4.69) is 36.3 Å². The van der Waals surface area contributed by atoms with Gasteiger partial charge in [0.15, 0.2) is 0 Å². The minimum atomic E-state index is -0.845. The van der Waals surface area contributed by atoms with Gasteiger partial charge in [-0.1, -0.05) is 51.1 Å². The summed E-state index contributed by atoms with van der Waals surface area (Å²) in [5.74, 6) is 0.745. The van der Waals surface area contributed by atoms with Crippen LogP contribution >= 0.6 is 0 Å². The van der Waals surface area contributed by atoms with E-state index in [0.717, 1.165) is 42.5 Å². The van der Waals surface area contributed by atoms with Crippen LogP contribution in [-0.4, -0.2) is 90.1 Å². The summed E-state index contributed by atoms with van der Waals surface area (Å²) in [6, 6.07) is 14.9. The van der Waals surface area contributed by atoms with Crippen LogP contribution in [0.25, 0.3) is 11.1 Å². The first-order valence-corrected chi connectivity index (χ1v) is 17.1. The third kappa shape index (κ3) is 7.34. The van der Waals surface area contributed by atoms with Crippen LogP contribution in [0.4, 0.5) is 0 Å². The highest BCUT2D eigenvalue weighted by Gasteiger charge is 2.57. The molecule has 252 valence electrons. The molecule has 0 unspecified atom stereocenters. The Morgan fingerprint density at radius 3 is 2.46 bits per heavy atom. The minimum Gasteiger partial charge on any atom is -0.394 e. The van der Waals surface area contributed by atoms with Gasteiger partial charge < -0.3 is 25.7 Å². The van der Waals surface area contributed by atoms with Crippen molar-refractivity contribution in [3.8, 4) is 11.1 Å². The molecule has 3 aliphatic carbocycles. The van der Waals surface area contributed by atoms with Crippen LogP contribution in [0.15, 0.2) is 48.5 Å². The first-order chi connectivity index (χ1) is 21.9. The van der Waals surface area contributed by atoms with Crippen LogP contribution in [0.1, 0.15) is 69.3 Å². The van der Waals surface area contributed by atoms with Crippen LogP contribution < -0.4 is 10.6 Å². The molecule has 1 aliphatic heterocycles. The summed E-state index contributed by atoms with van der Waals surface area (Å²) in [6.07, 6.45) is 2.61. The third-order valence-electron chi connectivity index (χ3n) is 11.1. The van der Waals surface area contributed by atoms with Gasteiger partial charge in [0.2, 0.25) is 5.91 Å². The monoisotopic (exact) mass is 634 g/mol. The fraction of sp³-hybridized carbons (Fsp3) is 0.622. The average Bonchev–Trinajstić information content (AvgIpc) is 3.40. The van der Waals surface area contributed by atoms with E-state index in [1.54, 1.807) is 12.0 Å². The second kappa shape index (κ2) is 14.5. The molecule has 2 aromatic rings. The first-order valence-electron chi connectivity index (χ1n) is 17.1. The molecule has 9 nitrogen and oxygen atoms in total. The number of aliphatic hydroxyl groups excluding tert-OH is 2. The number of carbonyl (C=O) groups is 2. The van der Waals surface area contributed by atoms with Gasteiger partial charge in [-0.25, -0.2) is 0 Å². The molecule has 1 saturated heterocycles. The smallest absolute Gasteiger partial charge is 0.251 e. The number of hydrogen-bond donors (Lipinski definition) is 4. The van der Waals surface area contributed by atoms with Crippen LogP contribution in [0.3, 0.4) is 0 Å². The van der Waals surface area contributed by atoms with Gasteiger partial charge in [0, 0.05) is 24.1 Å². The zero-order valence-corrected chi connectivity index (χ0v) is 28.4. The maximum atomic E-state index is 14.0. The fourth-order valence-electron chi connectivity index (χ4n) is 8.21. The molecule has 0 spiro atoms. The highest BCUT2D eigenvalue weighted by molar-refractivity contribution is 5.95. The molecule has 4 fully saturated rings. The third-order valence-corrected chi connectivity index (χ3v) is 11.1. The van der Waals surface area contributed by atoms with Crippen molar-refractivity contribution in [2.75, 3.05) is 33.8 Å². The van der Waals surface area contributed by atoms with Crippen molar-refractivity contribution >= 4 is 11.8 Å². The quantitative estimate of drug-likeness (QED) is 0.246. The Labute approximate surface area is 274 Å². The second-order valence-electron chi connectivity index (χ2n) is 14.8. The van der Waals surface area contributed by atoms with E-state index < -0.39 is 24.2 Å². The molecule has 0 radical (unpaired) electrons. The van der Waals surface area contributed by atoms with Crippen molar-refractivity contribution in [3.63, 3.8) is 0 Å². The second-order valence-corrected chi connectivity index (χ2v) is 14.8. The molecule has 2 bridgehead atoms. The molecule has 9 heteroatoms. The standard InChI is InChI=1S/C37H54N4O5/c1-23-30-19-29(37(30,3)4)20-31(23)39-36(45)34-33(24(2)43)32(22-42)46-41(34)21-25-11-9-12-26(17-25)27-13-10-14-28(18-27)35(44)38-15-7-8-16-40(5)6/h9-14,17-18,23-24,29-34,42-43H,7-8,15-16,19-22H2,1-6H3,(H,38,44)(H,39,45)/t23-,24-,29+,30-,31-,32-,33+,34-/m0/s1. The number of amides is 2. The zero-order valence-electron chi connectivity index (χ0n) is 28.4. The molecule has 2 amide bonds. The van der Waals surface area contributed by atoms with Gasteiger partial charge >= 0.3 is 0 Å². The number of unbranched alkanes of at least 4 members (excludes halogenated alkanes) is 1. The number of carbonyl (C=O) groups excluding carboxylic acids is 2. The lowest BCUT2D eigenvalue weighted by molar-refractivity contribution is -0.183. The number of benzene rings is 2. The molecule has 0 aromatic heterocycles. The number of fused-ring (bicyclic) bond motifs is 2. The Kier molecular flexibility index (Phi) is 10.9. The van der Waals surface area contributed by atoms with Gasteiger partial charge in [-0.2, -0.15) is 5.06 Å². The number of aliphatic hydroxyl groups is 2.